The molecule has 4 heterocycles. The van der Waals surface area contributed by atoms with Crippen LogP contribution in [0.3, 0.4) is 0 Å². The number of aryl methyl sites for hydroxylation is 1. The number of aliphatic hydroxyl groups is 1. The number of carbonyl (C=O) groups is 9. The van der Waals surface area contributed by atoms with Crippen molar-refractivity contribution in [3.8, 4) is 5.75 Å². The highest BCUT2D eigenvalue weighted by atomic mass is 35.5. The molecule has 2 saturated heterocycles. The van der Waals surface area contributed by atoms with Gasteiger partial charge in [-0.3, -0.25) is 44.3 Å². The number of fused-ring (bicyclic) bond motifs is 6. The summed E-state index contributed by atoms with van der Waals surface area (Å²) in [6.07, 6.45) is 0.153. The number of allylic oxidation sites excluding steroid dienone is 3. The van der Waals surface area contributed by atoms with Crippen LogP contribution >= 0.6 is 11.6 Å². The Kier molecular flexibility index (Phi) is 30.2. The van der Waals surface area contributed by atoms with E-state index < -0.39 is 126 Å². The highest BCUT2D eigenvalue weighted by molar-refractivity contribution is 6.35. The first-order chi connectivity index (χ1) is 48.6. The van der Waals surface area contributed by atoms with E-state index >= 15 is 0 Å². The molecule has 30 heteroatoms. The van der Waals surface area contributed by atoms with Crippen molar-refractivity contribution in [2.45, 2.75) is 165 Å². The zero-order valence-electron chi connectivity index (χ0n) is 59.8. The fraction of sp³-hybridized carbons (Fsp3) is 0.542. The number of nitrogens with one attached hydrogen (secondary N) is 6. The largest absolute Gasteiger partial charge is 0.495 e. The summed E-state index contributed by atoms with van der Waals surface area (Å²) in [6, 6.07) is 16.8. The molecule has 3 aliphatic rings. The number of likely N-dealkylation sites (N-methyl/N-ethyl adjacent to an activating group) is 1. The van der Waals surface area contributed by atoms with Crippen LogP contribution in [0.5, 0.6) is 5.75 Å². The Morgan fingerprint density at radius 2 is 1.59 bits per heavy atom. The van der Waals surface area contributed by atoms with Gasteiger partial charge in [0.25, 0.3) is 0 Å². The number of epoxide rings is 1. The number of carbonyl (C=O) groups excluding carboxylic acids is 8. The number of hydrogen-bond donors (Lipinski definition) is 9. The van der Waals surface area contributed by atoms with Gasteiger partial charge in [0.05, 0.1) is 58.3 Å². The van der Waals surface area contributed by atoms with Crippen molar-refractivity contribution in [1.29, 1.82) is 0 Å². The van der Waals surface area contributed by atoms with Gasteiger partial charge >= 0.3 is 18.0 Å². The highest BCUT2D eigenvalue weighted by Crippen LogP contribution is 2.49. The number of benzene rings is 3. The van der Waals surface area contributed by atoms with E-state index in [2.05, 4.69) is 38.1 Å². The molecular formula is C72H100ClN11O18. The number of carboxylic acids is 1. The molecule has 0 saturated carbocycles. The third-order valence-corrected chi connectivity index (χ3v) is 19.0. The lowest BCUT2D eigenvalue weighted by atomic mass is 9.83. The number of amides is 7. The van der Waals surface area contributed by atoms with Crippen LogP contribution in [0.15, 0.2) is 96.6 Å². The van der Waals surface area contributed by atoms with Gasteiger partial charge in [-0.15, -0.1) is 0 Å². The van der Waals surface area contributed by atoms with Crippen LogP contribution in [0.1, 0.15) is 108 Å². The lowest BCUT2D eigenvalue weighted by Crippen LogP contribution is -2.63. The summed E-state index contributed by atoms with van der Waals surface area (Å²) >= 11 is 6.89. The molecule has 0 radical (unpaired) electrons. The summed E-state index contributed by atoms with van der Waals surface area (Å²) in [5, 5.41) is 38.0. The van der Waals surface area contributed by atoms with E-state index in [4.69, 9.17) is 50.5 Å². The number of anilines is 1. The quantitative estimate of drug-likeness (QED) is 0.0135. The topological polar surface area (TPSA) is 375 Å². The van der Waals surface area contributed by atoms with Gasteiger partial charge in [-0.1, -0.05) is 90.9 Å². The Morgan fingerprint density at radius 1 is 0.882 bits per heavy atom. The number of hydrogen-bond acceptors (Lipinski definition) is 20. The number of ether oxygens (including phenoxy) is 7. The minimum absolute atomic E-state index is 0.0338. The van der Waals surface area contributed by atoms with Crippen LogP contribution in [-0.2, 0) is 86.3 Å². The van der Waals surface area contributed by atoms with E-state index in [1.807, 2.05) is 60.9 Å². The standard InChI is InChI=1S/C72H100ClN11O18/c1-44-19-18-25-57(97-10)72(95)42-56(100-70(94)80-72)45(2)65-71(4,102-65)58(41-61(87)83(8)54-38-47(37-44)39-55(96-9)63(54)73)101-69(93)46(3)82(7)68(92)52(23-16-17-30-74)78-67(91)64(48-20-12-11-13-21-48)79-60(86)29-33-98-35-36-99-34-31-76-66(90)51(26-27-62(88)89)77-59(85)28-32-84-50(43-81(6)75-5)40-49-22-14-15-24-53(49)84/h11-15,18-22,24-25,38-40,45-46,51-52,56-58,64-65,75,95H,16-17,23,26-37,41-43,74H2,1-10H3,(H,76,90)(H,77,85)(H,78,91)(H,79,86)(H,80,94)(H,88,89)/b25-18+,44-19+/t45-,46+,51+,52+,56+,57-,58+,64+,65+,71-,72+/m1/s1. The van der Waals surface area contributed by atoms with E-state index in [9.17, 15) is 53.4 Å². The molecule has 0 spiro atoms. The molecule has 7 amide bonds. The first-order valence-electron chi connectivity index (χ1n) is 34.3. The van der Waals surface area contributed by atoms with Crippen LogP contribution in [0, 0.1) is 5.92 Å². The maximum atomic E-state index is 14.7. The number of aliphatic carboxylic acids is 1. The van der Waals surface area contributed by atoms with Crippen molar-refractivity contribution in [2.24, 2.45) is 11.7 Å². The molecule has 11 atom stereocenters. The molecule has 102 heavy (non-hydrogen) atoms. The molecule has 3 aromatic carbocycles. The fourth-order valence-corrected chi connectivity index (χ4v) is 12.8. The monoisotopic (exact) mass is 1440 g/mol. The molecule has 2 fully saturated rings. The molecule has 558 valence electrons. The molecule has 1 aromatic heterocycles. The molecular weight excluding hydrogens is 1340 g/mol. The SMILES string of the molecule is CNN(C)Cc1cc2ccccc2n1CCC(=O)N[C@@H](CCC(=O)O)C(=O)NCCOCCOCCC(=O)N[C@H](C(=O)N[C@@H](CCCCN)C(=O)N(C)[C@@H](C)C(=O)O[C@H]1CC(=O)N(C)c2cc(cc(OC)c2Cl)C/C(C)=C/C=C/[C@@H](OC)[C@@]2(O)C[C@H](OC(=O)N2)[C@@H](C)[C@@H]2O[C@]12C)c1ccccc1. The number of hydrazine groups is 1. The van der Waals surface area contributed by atoms with Gasteiger partial charge in [0.15, 0.2) is 5.72 Å². The van der Waals surface area contributed by atoms with Crippen molar-refractivity contribution < 1.29 is 86.5 Å². The lowest BCUT2D eigenvalue weighted by Gasteiger charge is -2.42. The summed E-state index contributed by atoms with van der Waals surface area (Å²) in [4.78, 5) is 126. The number of alkyl carbamates (subject to hydrolysis) is 1. The molecule has 10 N–H and O–H groups in total. The second-order valence-electron chi connectivity index (χ2n) is 26.1. The van der Waals surface area contributed by atoms with Crippen molar-refractivity contribution in [2.75, 3.05) is 86.8 Å². The first-order valence-corrected chi connectivity index (χ1v) is 34.6. The van der Waals surface area contributed by atoms with Crippen molar-refractivity contribution >= 4 is 81.7 Å². The van der Waals surface area contributed by atoms with Crippen LogP contribution < -0.4 is 47.4 Å². The van der Waals surface area contributed by atoms with Crippen molar-refractivity contribution in [1.82, 2.24) is 46.5 Å². The zero-order chi connectivity index (χ0) is 74.4. The average Bonchev–Trinajstić information content (AvgIpc) is 1.57. The van der Waals surface area contributed by atoms with Gasteiger partial charge in [-0.25, -0.2) is 14.6 Å². The van der Waals surface area contributed by atoms with Crippen LogP contribution in [0.25, 0.3) is 10.9 Å². The molecule has 0 unspecified atom stereocenters. The number of unbranched alkanes of at least 4 members (excludes halogenated alkanes) is 1. The van der Waals surface area contributed by atoms with Crippen LogP contribution in [0.2, 0.25) is 5.02 Å². The summed E-state index contributed by atoms with van der Waals surface area (Å²) < 4.78 is 43.1. The van der Waals surface area contributed by atoms with Gasteiger partial charge in [-0.2, -0.15) is 0 Å². The fourth-order valence-electron chi connectivity index (χ4n) is 12.5. The Balaban J connectivity index is 0.948. The van der Waals surface area contributed by atoms with Gasteiger partial charge < -0.3 is 84.7 Å². The molecule has 3 aliphatic heterocycles. The van der Waals surface area contributed by atoms with Gasteiger partial charge in [0.1, 0.15) is 58.9 Å². The smallest absolute Gasteiger partial charge is 0.409 e. The maximum Gasteiger partial charge on any atom is 0.409 e. The van der Waals surface area contributed by atoms with Gasteiger partial charge in [-0.05, 0) is 107 Å². The predicted molar refractivity (Wildman–Crippen MR) is 378 cm³/mol. The number of nitrogens with zero attached hydrogens (tertiary/aromatic N) is 4. The van der Waals surface area contributed by atoms with E-state index in [1.54, 1.807) is 68.5 Å². The maximum absolute atomic E-state index is 14.7. The Morgan fingerprint density at radius 3 is 2.28 bits per heavy atom. The number of aromatic nitrogens is 1. The number of nitrogens with two attached hydrogens (primary N) is 1. The lowest BCUT2D eigenvalue weighted by molar-refractivity contribution is -0.162. The number of methoxy groups -OCH3 is 2. The summed E-state index contributed by atoms with van der Waals surface area (Å²) in [7, 11) is 9.45. The third kappa shape index (κ3) is 22.0. The van der Waals surface area contributed by atoms with Gasteiger partial charge in [0.2, 0.25) is 35.4 Å². The Hall–Kier alpha value is -8.52. The van der Waals surface area contributed by atoms with Crippen molar-refractivity contribution in [3.63, 3.8) is 0 Å². The molecule has 29 nitrogen and oxygen atoms in total. The summed E-state index contributed by atoms with van der Waals surface area (Å²) in [5.41, 5.74) is 9.84. The third-order valence-electron chi connectivity index (χ3n) is 18.7. The van der Waals surface area contributed by atoms with Crippen molar-refractivity contribution in [3.05, 3.63) is 118 Å². The number of rotatable bonds is 34. The van der Waals surface area contributed by atoms with E-state index in [-0.39, 0.29) is 83.1 Å². The molecule has 0 aliphatic carbocycles. The molecule has 4 aromatic rings. The van der Waals surface area contributed by atoms with Gasteiger partial charge in [0, 0.05) is 84.2 Å². The van der Waals surface area contributed by atoms with E-state index in [0.717, 1.165) is 32.6 Å². The molecule has 7 rings (SSSR count). The minimum Gasteiger partial charge on any atom is -0.495 e. The zero-order valence-corrected chi connectivity index (χ0v) is 60.5. The average molecular weight is 1440 g/mol. The minimum atomic E-state index is -1.93. The summed E-state index contributed by atoms with van der Waals surface area (Å²) in [6.45, 7) is 8.00. The number of carboxylic acid groups (broad SMARTS) is 1. The first kappa shape index (κ1) is 80.8. The highest BCUT2D eigenvalue weighted by Gasteiger charge is 2.64. The van der Waals surface area contributed by atoms with E-state index in [0.29, 0.717) is 49.4 Å². The van der Waals surface area contributed by atoms with Crippen LogP contribution in [0.4, 0.5) is 10.5 Å². The second-order valence-corrected chi connectivity index (χ2v) is 26.5. The van der Waals surface area contributed by atoms with Crippen LogP contribution in [-0.4, -0.2) is 214 Å². The Labute approximate surface area is 599 Å². The van der Waals surface area contributed by atoms with E-state index in [1.165, 1.54) is 40.1 Å². The number of halogens is 1. The number of esters is 1. The summed E-state index contributed by atoms with van der Waals surface area (Å²) in [5.74, 6) is -5.95. The Bertz CT molecular complexity index is 3630. The second kappa shape index (κ2) is 38.1. The predicted octanol–water partition coefficient (Wildman–Crippen LogP) is 4.49. The normalized spacial score (nSPS) is 22.6. The number of para-hydroxylation sites is 1. The molecule has 4 bridgehead atoms.